The summed E-state index contributed by atoms with van der Waals surface area (Å²) < 4.78 is 1.06. The van der Waals surface area contributed by atoms with Crippen LogP contribution in [0.1, 0.15) is 22.3 Å². The quantitative estimate of drug-likeness (QED) is 0.728. The van der Waals surface area contributed by atoms with Crippen molar-refractivity contribution in [2.24, 2.45) is 0 Å². The number of nitrogens with one attached hydrogen (secondary N) is 1. The number of rotatable bonds is 4. The highest BCUT2D eigenvalue weighted by atomic mass is 32.1. The lowest BCUT2D eigenvalue weighted by atomic mass is 10.0. The fourth-order valence-electron chi connectivity index (χ4n) is 2.74. The fourth-order valence-corrected chi connectivity index (χ4v) is 3.76. The summed E-state index contributed by atoms with van der Waals surface area (Å²) >= 11 is 1.60. The van der Waals surface area contributed by atoms with Crippen molar-refractivity contribution >= 4 is 32.4 Å². The van der Waals surface area contributed by atoms with Crippen molar-refractivity contribution in [3.8, 4) is 5.75 Å². The zero-order chi connectivity index (χ0) is 17.4. The van der Waals surface area contributed by atoms with Crippen molar-refractivity contribution in [3.63, 3.8) is 0 Å². The maximum Gasteiger partial charge on any atom is 0.184 e. The van der Waals surface area contributed by atoms with E-state index in [0.717, 1.165) is 38.6 Å². The first-order valence-corrected chi connectivity index (χ1v) is 8.79. The van der Waals surface area contributed by atoms with E-state index in [1.165, 1.54) is 11.3 Å². The van der Waals surface area contributed by atoms with Gasteiger partial charge in [0.25, 0.3) is 0 Å². The molecule has 3 aromatic rings. The number of fused-ring (bicyclic) bond motifs is 1. The molecule has 1 heterocycles. The van der Waals surface area contributed by atoms with Gasteiger partial charge in [-0.2, -0.15) is 0 Å². The summed E-state index contributed by atoms with van der Waals surface area (Å²) in [6.07, 6.45) is 0. The van der Waals surface area contributed by atoms with E-state index in [2.05, 4.69) is 34.5 Å². The fraction of sp³-hybridized carbons (Fsp3) is 0.316. The van der Waals surface area contributed by atoms with Crippen LogP contribution < -0.4 is 10.2 Å². The van der Waals surface area contributed by atoms with Gasteiger partial charge < -0.3 is 15.3 Å². The van der Waals surface area contributed by atoms with Gasteiger partial charge in [0.05, 0.1) is 10.2 Å². The molecule has 24 heavy (non-hydrogen) atoms. The maximum atomic E-state index is 10.2. The van der Waals surface area contributed by atoms with Gasteiger partial charge in [0, 0.05) is 31.9 Å². The van der Waals surface area contributed by atoms with Crippen LogP contribution in [-0.4, -0.2) is 24.2 Å². The largest absolute Gasteiger partial charge is 0.507 e. The Bertz CT molecular complexity index is 837. The first-order valence-electron chi connectivity index (χ1n) is 7.98. The summed E-state index contributed by atoms with van der Waals surface area (Å²) in [5.74, 6) is 0.384. The minimum absolute atomic E-state index is 0.384. The van der Waals surface area contributed by atoms with Crippen molar-refractivity contribution in [2.45, 2.75) is 27.3 Å². The minimum atomic E-state index is 0.384. The van der Waals surface area contributed by atoms with Crippen LogP contribution >= 0.6 is 11.3 Å². The van der Waals surface area contributed by atoms with Gasteiger partial charge in [-0.05, 0) is 49.6 Å². The van der Waals surface area contributed by atoms with Gasteiger partial charge in [-0.3, -0.25) is 0 Å². The third-order valence-corrected chi connectivity index (χ3v) is 5.62. The monoisotopic (exact) mass is 341 g/mol. The topological polar surface area (TPSA) is 48.4 Å². The standard InChI is InChI=1S/C19H23N3OS/c1-11-12(2)17(23)13(3)18-16(11)21-19(24-18)20-10-14-6-8-15(9-7-14)22(4)5/h6-9,23H,10H2,1-5H3,(H,20,21). The SMILES string of the molecule is Cc1c(O)c(C)c2sc(NCc3ccc(N(C)C)cc3)nc2c1C. The van der Waals surface area contributed by atoms with Gasteiger partial charge in [-0.15, -0.1) is 0 Å². The lowest BCUT2D eigenvalue weighted by Gasteiger charge is -2.12. The van der Waals surface area contributed by atoms with Crippen molar-refractivity contribution in [1.82, 2.24) is 4.98 Å². The second-order valence-electron chi connectivity index (χ2n) is 6.33. The van der Waals surface area contributed by atoms with Crippen LogP contribution in [0.2, 0.25) is 0 Å². The first-order chi connectivity index (χ1) is 11.4. The molecule has 0 amide bonds. The van der Waals surface area contributed by atoms with E-state index in [9.17, 15) is 5.11 Å². The normalized spacial score (nSPS) is 11.0. The number of aromatic hydroxyl groups is 1. The molecule has 0 saturated heterocycles. The van der Waals surface area contributed by atoms with Crippen molar-refractivity contribution in [2.75, 3.05) is 24.3 Å². The highest BCUT2D eigenvalue weighted by molar-refractivity contribution is 7.22. The molecule has 0 aliphatic heterocycles. The van der Waals surface area contributed by atoms with Crippen molar-refractivity contribution in [3.05, 3.63) is 46.5 Å². The Labute approximate surface area is 146 Å². The minimum Gasteiger partial charge on any atom is -0.507 e. The number of aromatic nitrogens is 1. The molecule has 0 radical (unpaired) electrons. The molecule has 2 N–H and O–H groups in total. The van der Waals surface area contributed by atoms with Gasteiger partial charge in [0.15, 0.2) is 5.13 Å². The van der Waals surface area contributed by atoms with E-state index in [-0.39, 0.29) is 0 Å². The highest BCUT2D eigenvalue weighted by Gasteiger charge is 2.15. The molecule has 0 spiro atoms. The Balaban J connectivity index is 1.83. The van der Waals surface area contributed by atoms with Gasteiger partial charge in [0.2, 0.25) is 0 Å². The van der Waals surface area contributed by atoms with E-state index in [0.29, 0.717) is 5.75 Å². The summed E-state index contributed by atoms with van der Waals surface area (Å²) in [5.41, 5.74) is 6.26. The summed E-state index contributed by atoms with van der Waals surface area (Å²) in [5, 5.41) is 14.5. The van der Waals surface area contributed by atoms with E-state index >= 15 is 0 Å². The van der Waals surface area contributed by atoms with Gasteiger partial charge in [-0.1, -0.05) is 23.5 Å². The molecule has 5 heteroatoms. The van der Waals surface area contributed by atoms with E-state index in [4.69, 9.17) is 4.98 Å². The van der Waals surface area contributed by atoms with Crippen LogP contribution in [0.5, 0.6) is 5.75 Å². The highest BCUT2D eigenvalue weighted by Crippen LogP contribution is 2.38. The Kier molecular flexibility index (Phi) is 4.37. The average Bonchev–Trinajstić information content (AvgIpc) is 3.01. The Morgan fingerprint density at radius 2 is 1.71 bits per heavy atom. The summed E-state index contributed by atoms with van der Waals surface area (Å²) in [7, 11) is 4.08. The second kappa shape index (κ2) is 6.32. The van der Waals surface area contributed by atoms with Crippen LogP contribution in [0.4, 0.5) is 10.8 Å². The summed E-state index contributed by atoms with van der Waals surface area (Å²) in [4.78, 5) is 6.81. The van der Waals surface area contributed by atoms with E-state index in [1.807, 2.05) is 34.9 Å². The number of phenolic OH excluding ortho intramolecular Hbond substituents is 1. The lowest BCUT2D eigenvalue weighted by Crippen LogP contribution is -2.08. The third-order valence-electron chi connectivity index (χ3n) is 4.49. The molecule has 0 unspecified atom stereocenters. The molecule has 2 aromatic carbocycles. The number of anilines is 2. The van der Waals surface area contributed by atoms with Crippen LogP contribution in [-0.2, 0) is 6.54 Å². The Hall–Kier alpha value is -2.27. The second-order valence-corrected chi connectivity index (χ2v) is 7.33. The number of hydrogen-bond acceptors (Lipinski definition) is 5. The van der Waals surface area contributed by atoms with Crippen LogP contribution in [0.3, 0.4) is 0 Å². The summed E-state index contributed by atoms with van der Waals surface area (Å²) in [6, 6.07) is 8.49. The van der Waals surface area contributed by atoms with E-state index < -0.39 is 0 Å². The predicted molar refractivity (Wildman–Crippen MR) is 104 cm³/mol. The van der Waals surface area contributed by atoms with Crippen molar-refractivity contribution < 1.29 is 5.11 Å². The number of phenols is 1. The van der Waals surface area contributed by atoms with E-state index in [1.54, 1.807) is 11.3 Å². The zero-order valence-electron chi connectivity index (χ0n) is 14.8. The first kappa shape index (κ1) is 16.6. The average molecular weight is 341 g/mol. The molecule has 0 saturated carbocycles. The molecule has 0 atom stereocenters. The molecule has 4 nitrogen and oxygen atoms in total. The number of nitrogens with zero attached hydrogens (tertiary/aromatic N) is 2. The van der Waals surface area contributed by atoms with Gasteiger partial charge in [-0.25, -0.2) is 4.98 Å². The molecule has 1 aromatic heterocycles. The number of thiazole rings is 1. The molecule has 3 rings (SSSR count). The summed E-state index contributed by atoms with van der Waals surface area (Å²) in [6.45, 7) is 6.64. The Morgan fingerprint density at radius 3 is 2.33 bits per heavy atom. The third kappa shape index (κ3) is 2.91. The van der Waals surface area contributed by atoms with Crippen LogP contribution in [0.15, 0.2) is 24.3 Å². The molecule has 0 fully saturated rings. The molecule has 0 aliphatic carbocycles. The Morgan fingerprint density at radius 1 is 1.04 bits per heavy atom. The molecule has 0 aliphatic rings. The molecular formula is C19H23N3OS. The zero-order valence-corrected chi connectivity index (χ0v) is 15.6. The van der Waals surface area contributed by atoms with Crippen LogP contribution in [0, 0.1) is 20.8 Å². The molecule has 0 bridgehead atoms. The number of benzene rings is 2. The predicted octanol–water partition coefficient (Wildman–Crippen LogP) is 4.61. The smallest absolute Gasteiger partial charge is 0.184 e. The van der Waals surface area contributed by atoms with Crippen LogP contribution in [0.25, 0.3) is 10.2 Å². The molecular weight excluding hydrogens is 318 g/mol. The number of aryl methyl sites for hydroxylation is 2. The maximum absolute atomic E-state index is 10.2. The van der Waals surface area contributed by atoms with Crippen molar-refractivity contribution in [1.29, 1.82) is 0 Å². The van der Waals surface area contributed by atoms with Gasteiger partial charge >= 0.3 is 0 Å². The number of hydrogen-bond donors (Lipinski definition) is 2. The molecule has 126 valence electrons. The lowest BCUT2D eigenvalue weighted by molar-refractivity contribution is 0.467. The van der Waals surface area contributed by atoms with Gasteiger partial charge in [0.1, 0.15) is 5.75 Å².